The summed E-state index contributed by atoms with van der Waals surface area (Å²) < 4.78 is 11.1. The summed E-state index contributed by atoms with van der Waals surface area (Å²) >= 11 is 0. The molecule has 122 valence electrons. The lowest BCUT2D eigenvalue weighted by molar-refractivity contribution is 0.311. The number of ether oxygens (including phenoxy) is 2. The van der Waals surface area contributed by atoms with E-state index >= 15 is 0 Å². The molecule has 0 aliphatic carbocycles. The van der Waals surface area contributed by atoms with E-state index in [0.717, 1.165) is 36.0 Å². The molecular formula is C16H24ClN3O2. The quantitative estimate of drug-likeness (QED) is 0.732. The van der Waals surface area contributed by atoms with Gasteiger partial charge in [0.05, 0.1) is 12.3 Å². The van der Waals surface area contributed by atoms with Crippen LogP contribution in [0.1, 0.15) is 23.9 Å². The van der Waals surface area contributed by atoms with E-state index in [1.165, 1.54) is 5.56 Å². The number of H-pyrrole nitrogens is 1. The van der Waals surface area contributed by atoms with Crippen molar-refractivity contribution in [3.8, 4) is 11.5 Å². The third kappa shape index (κ3) is 5.24. The zero-order valence-corrected chi connectivity index (χ0v) is 14.1. The van der Waals surface area contributed by atoms with E-state index in [1.807, 2.05) is 45.0 Å². The zero-order chi connectivity index (χ0) is 15.1. The smallest absolute Gasteiger partial charge is 0.119 e. The second-order valence-electron chi connectivity index (χ2n) is 4.84. The van der Waals surface area contributed by atoms with Crippen LogP contribution in [0.5, 0.6) is 11.5 Å². The molecule has 2 N–H and O–H groups in total. The average Bonchev–Trinajstić information content (AvgIpc) is 2.80. The Bertz CT molecular complexity index is 536. The molecule has 22 heavy (non-hydrogen) atoms. The van der Waals surface area contributed by atoms with Crippen molar-refractivity contribution in [2.45, 2.75) is 27.3 Å². The van der Waals surface area contributed by atoms with Crippen molar-refractivity contribution >= 4 is 12.4 Å². The number of nitrogens with one attached hydrogen (secondary N) is 2. The minimum absolute atomic E-state index is 0. The molecule has 0 aliphatic rings. The fourth-order valence-electron chi connectivity index (χ4n) is 2.09. The van der Waals surface area contributed by atoms with Crippen LogP contribution in [-0.2, 0) is 6.54 Å². The predicted molar refractivity (Wildman–Crippen MR) is 90.1 cm³/mol. The van der Waals surface area contributed by atoms with Gasteiger partial charge in [0.2, 0.25) is 0 Å². The first-order chi connectivity index (χ1) is 10.2. The topological polar surface area (TPSA) is 59.2 Å². The van der Waals surface area contributed by atoms with Crippen LogP contribution in [0.2, 0.25) is 0 Å². The molecule has 0 unspecified atom stereocenters. The largest absolute Gasteiger partial charge is 0.494 e. The van der Waals surface area contributed by atoms with E-state index in [-0.39, 0.29) is 12.4 Å². The third-order valence-electron chi connectivity index (χ3n) is 3.26. The minimum Gasteiger partial charge on any atom is -0.494 e. The van der Waals surface area contributed by atoms with Crippen LogP contribution in [0, 0.1) is 13.8 Å². The van der Waals surface area contributed by atoms with Crippen LogP contribution < -0.4 is 14.8 Å². The van der Waals surface area contributed by atoms with Crippen molar-refractivity contribution in [1.29, 1.82) is 0 Å². The van der Waals surface area contributed by atoms with Crippen molar-refractivity contribution in [3.05, 3.63) is 41.2 Å². The number of aromatic nitrogens is 2. The third-order valence-corrected chi connectivity index (χ3v) is 3.26. The molecule has 0 bridgehead atoms. The lowest BCUT2D eigenvalue weighted by Crippen LogP contribution is -2.21. The summed E-state index contributed by atoms with van der Waals surface area (Å²) in [7, 11) is 0. The van der Waals surface area contributed by atoms with E-state index in [0.29, 0.717) is 13.2 Å². The standard InChI is InChI=1S/C16H23N3O2.ClH/c1-4-20-14-5-7-15(8-6-14)21-10-9-17-11-16-12(2)18-19-13(16)3;/h5-8,17H,4,9-11H2,1-3H3,(H,18,19);1H. The second-order valence-corrected chi connectivity index (χ2v) is 4.84. The van der Waals surface area contributed by atoms with Gasteiger partial charge in [0, 0.05) is 24.3 Å². The average molecular weight is 326 g/mol. The highest BCUT2D eigenvalue weighted by Gasteiger charge is 2.04. The van der Waals surface area contributed by atoms with Crippen LogP contribution in [-0.4, -0.2) is 30.0 Å². The maximum Gasteiger partial charge on any atom is 0.119 e. The van der Waals surface area contributed by atoms with Crippen molar-refractivity contribution in [1.82, 2.24) is 15.5 Å². The molecule has 0 aliphatic heterocycles. The summed E-state index contributed by atoms with van der Waals surface area (Å²) in [6, 6.07) is 7.69. The number of halogens is 1. The lowest BCUT2D eigenvalue weighted by atomic mass is 10.2. The van der Waals surface area contributed by atoms with Gasteiger partial charge in [-0.1, -0.05) is 0 Å². The fourth-order valence-corrected chi connectivity index (χ4v) is 2.09. The van der Waals surface area contributed by atoms with Gasteiger partial charge in [0.15, 0.2) is 0 Å². The van der Waals surface area contributed by atoms with Crippen molar-refractivity contribution < 1.29 is 9.47 Å². The molecule has 6 heteroatoms. The van der Waals surface area contributed by atoms with Crippen molar-refractivity contribution in [2.75, 3.05) is 19.8 Å². The van der Waals surface area contributed by atoms with Gasteiger partial charge in [0.1, 0.15) is 18.1 Å². The van der Waals surface area contributed by atoms with E-state index in [2.05, 4.69) is 15.5 Å². The Balaban J connectivity index is 0.00000242. The lowest BCUT2D eigenvalue weighted by Gasteiger charge is -2.09. The van der Waals surface area contributed by atoms with E-state index in [1.54, 1.807) is 0 Å². The van der Waals surface area contributed by atoms with E-state index in [4.69, 9.17) is 9.47 Å². The molecule has 0 saturated carbocycles. The fraction of sp³-hybridized carbons (Fsp3) is 0.438. The first kappa shape index (κ1) is 18.3. The molecular weight excluding hydrogens is 302 g/mol. The molecule has 1 heterocycles. The molecule has 5 nitrogen and oxygen atoms in total. The Morgan fingerprint density at radius 1 is 1.09 bits per heavy atom. The summed E-state index contributed by atoms with van der Waals surface area (Å²) in [6.07, 6.45) is 0. The Kier molecular flexibility index (Phi) is 7.77. The molecule has 0 amide bonds. The van der Waals surface area contributed by atoms with Gasteiger partial charge in [-0.15, -0.1) is 12.4 Å². The van der Waals surface area contributed by atoms with Gasteiger partial charge in [-0.2, -0.15) is 5.10 Å². The predicted octanol–water partition coefficient (Wildman–Crippen LogP) is 3.02. The van der Waals surface area contributed by atoms with Gasteiger partial charge in [-0.25, -0.2) is 0 Å². The second kappa shape index (κ2) is 9.33. The van der Waals surface area contributed by atoms with Crippen LogP contribution in [0.25, 0.3) is 0 Å². The highest BCUT2D eigenvalue weighted by Crippen LogP contribution is 2.17. The number of hydrogen-bond acceptors (Lipinski definition) is 4. The van der Waals surface area contributed by atoms with Gasteiger partial charge >= 0.3 is 0 Å². The monoisotopic (exact) mass is 325 g/mol. The summed E-state index contributed by atoms with van der Waals surface area (Å²) in [5.74, 6) is 1.73. The maximum absolute atomic E-state index is 5.68. The number of hydrogen-bond donors (Lipinski definition) is 2. The summed E-state index contributed by atoms with van der Waals surface area (Å²) in [4.78, 5) is 0. The Hall–Kier alpha value is -1.72. The molecule has 2 rings (SSSR count). The number of nitrogens with zero attached hydrogens (tertiary/aromatic N) is 1. The molecule has 0 atom stereocenters. The van der Waals surface area contributed by atoms with Gasteiger partial charge < -0.3 is 14.8 Å². The highest BCUT2D eigenvalue weighted by atomic mass is 35.5. The number of aromatic amines is 1. The van der Waals surface area contributed by atoms with Crippen LogP contribution in [0.3, 0.4) is 0 Å². The summed E-state index contributed by atoms with van der Waals surface area (Å²) in [5.41, 5.74) is 3.40. The number of aryl methyl sites for hydroxylation is 2. The van der Waals surface area contributed by atoms with Gasteiger partial charge in [-0.3, -0.25) is 5.10 Å². The summed E-state index contributed by atoms with van der Waals surface area (Å²) in [5, 5.41) is 10.5. The Labute approximate surface area is 137 Å². The maximum atomic E-state index is 5.68. The van der Waals surface area contributed by atoms with Crippen molar-refractivity contribution in [3.63, 3.8) is 0 Å². The molecule has 2 aromatic rings. The molecule has 0 fully saturated rings. The first-order valence-electron chi connectivity index (χ1n) is 7.27. The van der Waals surface area contributed by atoms with Crippen molar-refractivity contribution in [2.24, 2.45) is 0 Å². The van der Waals surface area contributed by atoms with Crippen LogP contribution >= 0.6 is 12.4 Å². The van der Waals surface area contributed by atoms with E-state index in [9.17, 15) is 0 Å². The highest BCUT2D eigenvalue weighted by molar-refractivity contribution is 5.85. The summed E-state index contributed by atoms with van der Waals surface area (Å²) in [6.45, 7) is 8.92. The molecule has 0 spiro atoms. The Morgan fingerprint density at radius 3 is 2.27 bits per heavy atom. The van der Waals surface area contributed by atoms with Gasteiger partial charge in [-0.05, 0) is 45.0 Å². The molecule has 1 aromatic heterocycles. The molecule has 0 radical (unpaired) electrons. The zero-order valence-electron chi connectivity index (χ0n) is 13.3. The minimum atomic E-state index is 0. The number of benzene rings is 1. The van der Waals surface area contributed by atoms with Crippen LogP contribution in [0.15, 0.2) is 24.3 Å². The van der Waals surface area contributed by atoms with Crippen LogP contribution in [0.4, 0.5) is 0 Å². The molecule has 0 saturated heterocycles. The number of rotatable bonds is 8. The normalized spacial score (nSPS) is 10.1. The SMILES string of the molecule is CCOc1ccc(OCCNCc2c(C)n[nH]c2C)cc1.Cl. The Morgan fingerprint density at radius 2 is 1.73 bits per heavy atom. The first-order valence-corrected chi connectivity index (χ1v) is 7.27. The molecule has 1 aromatic carbocycles. The van der Waals surface area contributed by atoms with E-state index < -0.39 is 0 Å². The van der Waals surface area contributed by atoms with Gasteiger partial charge in [0.25, 0.3) is 0 Å².